The summed E-state index contributed by atoms with van der Waals surface area (Å²) >= 11 is 0. The molecule has 0 spiro atoms. The standard InChI is InChI=1S/C11H19N3O/c1-9-7-13-14(8-9)6-5-12-10-3-2-4-11(10)15/h7-8,10-12,15H,2-6H2,1H3/t10-,11-/m0/s1. The lowest BCUT2D eigenvalue weighted by Gasteiger charge is -2.16. The smallest absolute Gasteiger partial charge is 0.0693 e. The second-order valence-electron chi connectivity index (χ2n) is 4.34. The lowest BCUT2D eigenvalue weighted by atomic mass is 10.2. The van der Waals surface area contributed by atoms with Gasteiger partial charge in [0.2, 0.25) is 0 Å². The van der Waals surface area contributed by atoms with Crippen molar-refractivity contribution in [3.8, 4) is 0 Å². The summed E-state index contributed by atoms with van der Waals surface area (Å²) in [5.41, 5.74) is 1.19. The van der Waals surface area contributed by atoms with Crippen LogP contribution >= 0.6 is 0 Å². The zero-order chi connectivity index (χ0) is 10.7. The molecule has 4 heteroatoms. The van der Waals surface area contributed by atoms with Gasteiger partial charge in [-0.2, -0.15) is 5.10 Å². The second kappa shape index (κ2) is 4.77. The predicted octanol–water partition coefficient (Wildman–Crippen LogP) is 0.695. The van der Waals surface area contributed by atoms with Crippen molar-refractivity contribution in [2.45, 2.75) is 44.9 Å². The van der Waals surface area contributed by atoms with Crippen LogP contribution in [-0.2, 0) is 6.54 Å². The Bertz CT molecular complexity index is 311. The molecule has 1 heterocycles. The third kappa shape index (κ3) is 2.79. The van der Waals surface area contributed by atoms with E-state index in [1.165, 1.54) is 5.56 Å². The van der Waals surface area contributed by atoms with Crippen LogP contribution in [0.5, 0.6) is 0 Å². The first-order valence-electron chi connectivity index (χ1n) is 5.66. The van der Waals surface area contributed by atoms with Gasteiger partial charge in [-0.15, -0.1) is 0 Å². The zero-order valence-electron chi connectivity index (χ0n) is 9.19. The first kappa shape index (κ1) is 10.6. The van der Waals surface area contributed by atoms with Crippen LogP contribution in [-0.4, -0.2) is 33.6 Å². The van der Waals surface area contributed by atoms with E-state index >= 15 is 0 Å². The molecule has 0 bridgehead atoms. The quantitative estimate of drug-likeness (QED) is 0.767. The number of rotatable bonds is 4. The maximum atomic E-state index is 9.61. The van der Waals surface area contributed by atoms with Crippen LogP contribution in [0.25, 0.3) is 0 Å². The van der Waals surface area contributed by atoms with E-state index in [1.807, 2.05) is 24.0 Å². The molecule has 1 aliphatic rings. The van der Waals surface area contributed by atoms with Gasteiger partial charge in [-0.3, -0.25) is 4.68 Å². The van der Waals surface area contributed by atoms with E-state index in [1.54, 1.807) is 0 Å². The third-order valence-electron chi connectivity index (χ3n) is 2.99. The first-order chi connectivity index (χ1) is 7.25. The number of nitrogens with one attached hydrogen (secondary N) is 1. The molecule has 0 aromatic carbocycles. The summed E-state index contributed by atoms with van der Waals surface area (Å²) in [6, 6.07) is 0.293. The van der Waals surface area contributed by atoms with Gasteiger partial charge in [0.1, 0.15) is 0 Å². The molecule has 2 atom stereocenters. The summed E-state index contributed by atoms with van der Waals surface area (Å²) in [5, 5.41) is 17.2. The highest BCUT2D eigenvalue weighted by atomic mass is 16.3. The number of aryl methyl sites for hydroxylation is 1. The normalized spacial score (nSPS) is 26.0. The molecule has 1 saturated carbocycles. The Hall–Kier alpha value is -0.870. The van der Waals surface area contributed by atoms with Crippen molar-refractivity contribution in [1.29, 1.82) is 0 Å². The Morgan fingerprint density at radius 1 is 1.60 bits per heavy atom. The molecule has 0 aliphatic heterocycles. The number of nitrogens with zero attached hydrogens (tertiary/aromatic N) is 2. The lowest BCUT2D eigenvalue weighted by Crippen LogP contribution is -2.37. The van der Waals surface area contributed by atoms with Crippen molar-refractivity contribution in [3.05, 3.63) is 18.0 Å². The van der Waals surface area contributed by atoms with Crippen LogP contribution in [0.3, 0.4) is 0 Å². The van der Waals surface area contributed by atoms with Gasteiger partial charge in [0.05, 0.1) is 18.8 Å². The van der Waals surface area contributed by atoms with Gasteiger partial charge >= 0.3 is 0 Å². The fourth-order valence-electron chi connectivity index (χ4n) is 2.13. The predicted molar refractivity (Wildman–Crippen MR) is 58.6 cm³/mol. The molecule has 1 aromatic rings. The van der Waals surface area contributed by atoms with E-state index in [9.17, 15) is 5.11 Å². The average Bonchev–Trinajstić information content (AvgIpc) is 2.77. The van der Waals surface area contributed by atoms with Crippen molar-refractivity contribution in [2.24, 2.45) is 0 Å². The third-order valence-corrected chi connectivity index (χ3v) is 2.99. The molecular weight excluding hydrogens is 190 g/mol. The molecule has 0 saturated heterocycles. The summed E-state index contributed by atoms with van der Waals surface area (Å²) in [6.07, 6.45) is 6.93. The Kier molecular flexibility index (Phi) is 3.38. The van der Waals surface area contributed by atoms with Crippen LogP contribution in [0.4, 0.5) is 0 Å². The van der Waals surface area contributed by atoms with E-state index < -0.39 is 0 Å². The summed E-state index contributed by atoms with van der Waals surface area (Å²) in [7, 11) is 0. The maximum absolute atomic E-state index is 9.61. The van der Waals surface area contributed by atoms with Gasteiger partial charge < -0.3 is 10.4 Å². The molecule has 0 unspecified atom stereocenters. The Morgan fingerprint density at radius 2 is 2.47 bits per heavy atom. The number of aliphatic hydroxyl groups excluding tert-OH is 1. The minimum absolute atomic E-state index is 0.149. The zero-order valence-corrected chi connectivity index (χ0v) is 9.19. The second-order valence-corrected chi connectivity index (χ2v) is 4.34. The van der Waals surface area contributed by atoms with E-state index in [0.29, 0.717) is 6.04 Å². The molecule has 15 heavy (non-hydrogen) atoms. The molecule has 2 N–H and O–H groups in total. The van der Waals surface area contributed by atoms with Crippen LogP contribution in [0.15, 0.2) is 12.4 Å². The monoisotopic (exact) mass is 209 g/mol. The Labute approximate surface area is 90.3 Å². The first-order valence-corrected chi connectivity index (χ1v) is 5.66. The summed E-state index contributed by atoms with van der Waals surface area (Å²) < 4.78 is 1.93. The van der Waals surface area contributed by atoms with Gasteiger partial charge in [-0.1, -0.05) is 0 Å². The van der Waals surface area contributed by atoms with Gasteiger partial charge in [-0.05, 0) is 31.7 Å². The van der Waals surface area contributed by atoms with Crippen molar-refractivity contribution < 1.29 is 5.11 Å². The molecule has 1 aromatic heterocycles. The highest BCUT2D eigenvalue weighted by Crippen LogP contribution is 2.18. The summed E-state index contributed by atoms with van der Waals surface area (Å²) in [5.74, 6) is 0. The van der Waals surface area contributed by atoms with Crippen LogP contribution in [0.2, 0.25) is 0 Å². The molecule has 84 valence electrons. The molecule has 4 nitrogen and oxygen atoms in total. The molecule has 0 amide bonds. The van der Waals surface area contributed by atoms with Crippen LogP contribution in [0, 0.1) is 6.92 Å². The summed E-state index contributed by atoms with van der Waals surface area (Å²) in [6.45, 7) is 3.79. The number of hydrogen-bond acceptors (Lipinski definition) is 3. The van der Waals surface area contributed by atoms with Crippen LogP contribution < -0.4 is 5.32 Å². The number of aromatic nitrogens is 2. The molecule has 1 fully saturated rings. The van der Waals surface area contributed by atoms with E-state index in [2.05, 4.69) is 10.4 Å². The topological polar surface area (TPSA) is 50.1 Å². The van der Waals surface area contributed by atoms with Crippen molar-refractivity contribution in [1.82, 2.24) is 15.1 Å². The fourth-order valence-corrected chi connectivity index (χ4v) is 2.13. The van der Waals surface area contributed by atoms with Crippen LogP contribution in [0.1, 0.15) is 24.8 Å². The van der Waals surface area contributed by atoms with Gasteiger partial charge in [0.25, 0.3) is 0 Å². The molecule has 2 rings (SSSR count). The van der Waals surface area contributed by atoms with Crippen molar-refractivity contribution in [2.75, 3.05) is 6.54 Å². The SMILES string of the molecule is Cc1cnn(CCN[C@H]2CCC[C@@H]2O)c1. The average molecular weight is 209 g/mol. The fraction of sp³-hybridized carbons (Fsp3) is 0.727. The van der Waals surface area contributed by atoms with Gasteiger partial charge in [0.15, 0.2) is 0 Å². The Balaban J connectivity index is 1.70. The molecular formula is C11H19N3O. The van der Waals surface area contributed by atoms with E-state index in [4.69, 9.17) is 0 Å². The minimum Gasteiger partial charge on any atom is -0.392 e. The molecule has 0 radical (unpaired) electrons. The maximum Gasteiger partial charge on any atom is 0.0693 e. The Morgan fingerprint density at radius 3 is 3.07 bits per heavy atom. The van der Waals surface area contributed by atoms with Gasteiger partial charge in [-0.25, -0.2) is 0 Å². The summed E-state index contributed by atoms with van der Waals surface area (Å²) in [4.78, 5) is 0. The van der Waals surface area contributed by atoms with Crippen molar-refractivity contribution in [3.63, 3.8) is 0 Å². The number of aliphatic hydroxyl groups is 1. The molecule has 1 aliphatic carbocycles. The van der Waals surface area contributed by atoms with E-state index in [-0.39, 0.29) is 6.10 Å². The largest absolute Gasteiger partial charge is 0.392 e. The lowest BCUT2D eigenvalue weighted by molar-refractivity contribution is 0.148. The number of hydrogen-bond donors (Lipinski definition) is 2. The minimum atomic E-state index is -0.149. The highest BCUT2D eigenvalue weighted by Gasteiger charge is 2.23. The highest BCUT2D eigenvalue weighted by molar-refractivity contribution is 4.99. The van der Waals surface area contributed by atoms with Gasteiger partial charge in [0, 0.05) is 18.8 Å². The van der Waals surface area contributed by atoms with E-state index in [0.717, 1.165) is 32.4 Å². The van der Waals surface area contributed by atoms with Crippen molar-refractivity contribution >= 4 is 0 Å².